The lowest BCUT2D eigenvalue weighted by molar-refractivity contribution is 0.0852. The predicted octanol–water partition coefficient (Wildman–Crippen LogP) is 1.59. The minimum atomic E-state index is -0.688. The Hall–Kier alpha value is -2.86. The van der Waals surface area contributed by atoms with Crippen LogP contribution in [0.25, 0.3) is 11.0 Å². The summed E-state index contributed by atoms with van der Waals surface area (Å²) in [4.78, 5) is 26.8. The number of carbonyl (C=O) groups is 1. The summed E-state index contributed by atoms with van der Waals surface area (Å²) in [5.41, 5.74) is 2.58. The van der Waals surface area contributed by atoms with Crippen molar-refractivity contribution >= 4 is 16.9 Å². The molecule has 3 rings (SSSR count). The summed E-state index contributed by atoms with van der Waals surface area (Å²) in [6.07, 6.45) is -0.222. The SMILES string of the molecule is C[C@H](NC(=O)c1ccc2[nH]c(=O)n(C)c2c1)[C@@H](O)Cc1ccccc1. The maximum atomic E-state index is 12.5. The number of carbonyl (C=O) groups excluding carboxylic acids is 1. The molecule has 0 unspecified atom stereocenters. The van der Waals surface area contributed by atoms with E-state index in [1.807, 2.05) is 30.3 Å². The molecule has 25 heavy (non-hydrogen) atoms. The molecule has 1 heterocycles. The zero-order chi connectivity index (χ0) is 18.0. The number of aliphatic hydroxyl groups is 1. The van der Waals surface area contributed by atoms with Gasteiger partial charge < -0.3 is 15.4 Å². The fourth-order valence-corrected chi connectivity index (χ4v) is 2.78. The Bertz CT molecular complexity index is 943. The van der Waals surface area contributed by atoms with Crippen LogP contribution in [0.15, 0.2) is 53.3 Å². The lowest BCUT2D eigenvalue weighted by Gasteiger charge is -2.20. The molecule has 0 saturated carbocycles. The van der Waals surface area contributed by atoms with E-state index in [9.17, 15) is 14.7 Å². The van der Waals surface area contributed by atoms with Crippen molar-refractivity contribution in [2.75, 3.05) is 0 Å². The Kier molecular flexibility index (Phi) is 4.72. The summed E-state index contributed by atoms with van der Waals surface area (Å²) in [6.45, 7) is 1.77. The number of aromatic nitrogens is 2. The van der Waals surface area contributed by atoms with Gasteiger partial charge in [0.2, 0.25) is 0 Å². The van der Waals surface area contributed by atoms with Crippen LogP contribution in [0.4, 0.5) is 0 Å². The molecule has 0 radical (unpaired) electrons. The smallest absolute Gasteiger partial charge is 0.326 e. The zero-order valence-corrected chi connectivity index (χ0v) is 14.2. The largest absolute Gasteiger partial charge is 0.391 e. The van der Waals surface area contributed by atoms with Gasteiger partial charge in [0.1, 0.15) is 0 Å². The van der Waals surface area contributed by atoms with Crippen LogP contribution in [0.1, 0.15) is 22.8 Å². The molecule has 0 bridgehead atoms. The molecular weight excluding hydrogens is 318 g/mol. The third-order valence-electron chi connectivity index (χ3n) is 4.39. The highest BCUT2D eigenvalue weighted by Gasteiger charge is 2.18. The molecule has 130 valence electrons. The van der Waals surface area contributed by atoms with Gasteiger partial charge >= 0.3 is 5.69 Å². The average Bonchev–Trinajstić information content (AvgIpc) is 2.89. The van der Waals surface area contributed by atoms with Gasteiger partial charge in [0.05, 0.1) is 23.2 Å². The minimum absolute atomic E-state index is 0.223. The number of fused-ring (bicyclic) bond motifs is 1. The molecule has 0 spiro atoms. The molecule has 3 N–H and O–H groups in total. The summed E-state index contributed by atoms with van der Waals surface area (Å²) >= 11 is 0. The number of rotatable bonds is 5. The molecule has 6 nitrogen and oxygen atoms in total. The van der Waals surface area contributed by atoms with Crippen molar-refractivity contribution in [2.45, 2.75) is 25.5 Å². The van der Waals surface area contributed by atoms with Crippen LogP contribution >= 0.6 is 0 Å². The first-order chi connectivity index (χ1) is 12.0. The first-order valence-corrected chi connectivity index (χ1v) is 8.17. The predicted molar refractivity (Wildman–Crippen MR) is 96.6 cm³/mol. The molecular formula is C19H21N3O3. The monoisotopic (exact) mass is 339 g/mol. The van der Waals surface area contributed by atoms with Crippen LogP contribution in [0, 0.1) is 0 Å². The molecule has 0 aliphatic carbocycles. The fourth-order valence-electron chi connectivity index (χ4n) is 2.78. The van der Waals surface area contributed by atoms with Crippen molar-refractivity contribution < 1.29 is 9.90 Å². The van der Waals surface area contributed by atoms with E-state index in [0.29, 0.717) is 23.0 Å². The number of hydrogen-bond acceptors (Lipinski definition) is 3. The van der Waals surface area contributed by atoms with Gasteiger partial charge in [-0.15, -0.1) is 0 Å². The van der Waals surface area contributed by atoms with Gasteiger partial charge in [-0.05, 0) is 30.7 Å². The van der Waals surface area contributed by atoms with Gasteiger partial charge in [0.25, 0.3) is 5.91 Å². The van der Waals surface area contributed by atoms with E-state index in [1.54, 1.807) is 32.2 Å². The van der Waals surface area contributed by atoms with Gasteiger partial charge in [-0.25, -0.2) is 4.79 Å². The molecule has 1 amide bonds. The highest BCUT2D eigenvalue weighted by molar-refractivity contribution is 5.97. The number of nitrogens with zero attached hydrogens (tertiary/aromatic N) is 1. The van der Waals surface area contributed by atoms with Crippen LogP contribution in [0.5, 0.6) is 0 Å². The van der Waals surface area contributed by atoms with E-state index in [2.05, 4.69) is 10.3 Å². The molecule has 3 aromatic rings. The van der Waals surface area contributed by atoms with E-state index in [4.69, 9.17) is 0 Å². The maximum absolute atomic E-state index is 12.5. The van der Waals surface area contributed by atoms with Crippen molar-refractivity contribution in [1.82, 2.24) is 14.9 Å². The fraction of sp³-hybridized carbons (Fsp3) is 0.263. The highest BCUT2D eigenvalue weighted by Crippen LogP contribution is 2.13. The van der Waals surface area contributed by atoms with Crippen molar-refractivity contribution in [3.8, 4) is 0 Å². The number of aliphatic hydroxyl groups excluding tert-OH is 1. The van der Waals surface area contributed by atoms with E-state index in [1.165, 1.54) is 4.57 Å². The number of benzene rings is 2. The summed E-state index contributed by atoms with van der Waals surface area (Å²) in [5, 5.41) is 13.1. The Balaban J connectivity index is 1.70. The maximum Gasteiger partial charge on any atom is 0.326 e. The molecule has 0 aliphatic rings. The Morgan fingerprint density at radius 2 is 1.96 bits per heavy atom. The number of nitrogens with one attached hydrogen (secondary N) is 2. The molecule has 2 atom stereocenters. The Morgan fingerprint density at radius 1 is 1.24 bits per heavy atom. The summed E-state index contributed by atoms with van der Waals surface area (Å²) < 4.78 is 1.46. The van der Waals surface area contributed by atoms with Gasteiger partial charge in [-0.1, -0.05) is 30.3 Å². The first kappa shape index (κ1) is 17.0. The van der Waals surface area contributed by atoms with Crippen LogP contribution in [0.3, 0.4) is 0 Å². The van der Waals surface area contributed by atoms with Crippen molar-refractivity contribution in [3.05, 3.63) is 70.1 Å². The average molecular weight is 339 g/mol. The normalized spacial score (nSPS) is 13.6. The lowest BCUT2D eigenvalue weighted by Crippen LogP contribution is -2.42. The number of H-pyrrole nitrogens is 1. The Labute approximate surface area is 145 Å². The molecule has 0 saturated heterocycles. The topological polar surface area (TPSA) is 87.1 Å². The third kappa shape index (κ3) is 3.64. The third-order valence-corrected chi connectivity index (χ3v) is 4.39. The van der Waals surface area contributed by atoms with Crippen molar-refractivity contribution in [3.63, 3.8) is 0 Å². The summed E-state index contributed by atoms with van der Waals surface area (Å²) in [7, 11) is 1.65. The second-order valence-corrected chi connectivity index (χ2v) is 6.24. The van der Waals surface area contributed by atoms with Gasteiger partial charge in [0, 0.05) is 19.0 Å². The second kappa shape index (κ2) is 6.94. The van der Waals surface area contributed by atoms with E-state index in [-0.39, 0.29) is 11.6 Å². The number of aromatic amines is 1. The van der Waals surface area contributed by atoms with Gasteiger partial charge in [0.15, 0.2) is 0 Å². The van der Waals surface area contributed by atoms with E-state index in [0.717, 1.165) is 5.56 Å². The van der Waals surface area contributed by atoms with Crippen LogP contribution < -0.4 is 11.0 Å². The quantitative estimate of drug-likeness (QED) is 0.660. The lowest BCUT2D eigenvalue weighted by atomic mass is 10.0. The van der Waals surface area contributed by atoms with Gasteiger partial charge in [-0.2, -0.15) is 0 Å². The van der Waals surface area contributed by atoms with Crippen LogP contribution in [0.2, 0.25) is 0 Å². The molecule has 2 aromatic carbocycles. The minimum Gasteiger partial charge on any atom is -0.391 e. The van der Waals surface area contributed by atoms with Crippen LogP contribution in [-0.4, -0.2) is 32.7 Å². The molecule has 0 aliphatic heterocycles. The highest BCUT2D eigenvalue weighted by atomic mass is 16.3. The number of imidazole rings is 1. The number of hydrogen-bond donors (Lipinski definition) is 3. The summed E-state index contributed by atoms with van der Waals surface area (Å²) in [5.74, 6) is -0.282. The molecule has 0 fully saturated rings. The summed E-state index contributed by atoms with van der Waals surface area (Å²) in [6, 6.07) is 14.3. The van der Waals surface area contributed by atoms with Gasteiger partial charge in [-0.3, -0.25) is 9.36 Å². The second-order valence-electron chi connectivity index (χ2n) is 6.24. The van der Waals surface area contributed by atoms with Crippen molar-refractivity contribution in [2.24, 2.45) is 7.05 Å². The van der Waals surface area contributed by atoms with Crippen LogP contribution in [-0.2, 0) is 13.5 Å². The van der Waals surface area contributed by atoms with E-state index >= 15 is 0 Å². The number of amides is 1. The first-order valence-electron chi connectivity index (χ1n) is 8.17. The number of aryl methyl sites for hydroxylation is 1. The van der Waals surface area contributed by atoms with E-state index < -0.39 is 12.1 Å². The zero-order valence-electron chi connectivity index (χ0n) is 14.2. The molecule has 1 aromatic heterocycles. The molecule has 6 heteroatoms. The Morgan fingerprint density at radius 3 is 2.68 bits per heavy atom. The standard InChI is InChI=1S/C19H21N3O3/c1-12(17(23)10-13-6-4-3-5-7-13)20-18(24)14-8-9-15-16(11-14)22(2)19(25)21-15/h3-9,11-12,17,23H,10H2,1-2H3,(H,20,24)(H,21,25)/t12-,17-/m0/s1. The van der Waals surface area contributed by atoms with Crippen molar-refractivity contribution in [1.29, 1.82) is 0 Å².